The van der Waals surface area contributed by atoms with Crippen molar-refractivity contribution in [1.29, 1.82) is 0 Å². The predicted molar refractivity (Wildman–Crippen MR) is 141 cm³/mol. The van der Waals surface area contributed by atoms with Crippen molar-refractivity contribution in [1.82, 2.24) is 14.8 Å². The minimum Gasteiger partial charge on any atom is -0.497 e. The highest BCUT2D eigenvalue weighted by atomic mass is 16.6. The molecule has 2 aliphatic rings. The van der Waals surface area contributed by atoms with Crippen molar-refractivity contribution < 1.29 is 19.2 Å². The molecule has 0 radical (unpaired) electrons. The second-order valence-corrected chi connectivity index (χ2v) is 9.70. The molecule has 192 valence electrons. The Labute approximate surface area is 218 Å². The van der Waals surface area contributed by atoms with Crippen LogP contribution in [-0.2, 0) is 22.4 Å². The quantitative estimate of drug-likeness (QED) is 0.311. The highest BCUT2D eigenvalue weighted by Crippen LogP contribution is 2.43. The van der Waals surface area contributed by atoms with Crippen LogP contribution in [0.3, 0.4) is 0 Å². The Morgan fingerprint density at radius 3 is 2.61 bits per heavy atom. The van der Waals surface area contributed by atoms with Gasteiger partial charge in [0.15, 0.2) is 0 Å². The van der Waals surface area contributed by atoms with E-state index in [1.807, 2.05) is 48.5 Å². The lowest BCUT2D eigenvalue weighted by molar-refractivity contribution is -0.384. The SMILES string of the molecule is COc1ccc(CCN2CC(=O)N3C(Cc4c([nH]c5ccccc45)C3c3cccc([N+](=O)[O-])c3)C2=O)cc1. The Kier molecular flexibility index (Phi) is 5.83. The van der Waals surface area contributed by atoms with Crippen molar-refractivity contribution in [3.05, 3.63) is 105 Å². The van der Waals surface area contributed by atoms with Crippen LogP contribution in [0.1, 0.15) is 28.4 Å². The van der Waals surface area contributed by atoms with Gasteiger partial charge in [0.2, 0.25) is 11.8 Å². The third kappa shape index (κ3) is 3.96. The molecule has 2 atom stereocenters. The standard InChI is InChI=1S/C29H26N4O5/c1-38-21-11-9-18(10-12-21)13-14-31-17-26(34)32-25(29(31)35)16-23-22-7-2-3-8-24(22)30-27(23)28(32)19-5-4-6-20(15-19)33(36)37/h2-12,15,25,28,30H,13-14,16-17H2,1H3. The van der Waals surface area contributed by atoms with Gasteiger partial charge in [0.25, 0.3) is 5.69 Å². The van der Waals surface area contributed by atoms with Crippen molar-refractivity contribution in [2.24, 2.45) is 0 Å². The number of non-ortho nitro benzene ring substituents is 1. The molecule has 2 unspecified atom stereocenters. The number of benzene rings is 3. The summed E-state index contributed by atoms with van der Waals surface area (Å²) in [6.07, 6.45) is 0.997. The molecule has 3 heterocycles. The number of para-hydroxylation sites is 1. The summed E-state index contributed by atoms with van der Waals surface area (Å²) in [5.74, 6) is 0.479. The molecule has 1 N–H and O–H groups in total. The van der Waals surface area contributed by atoms with Crippen LogP contribution in [0.15, 0.2) is 72.8 Å². The van der Waals surface area contributed by atoms with Crippen LogP contribution in [-0.4, -0.2) is 57.8 Å². The third-order valence-corrected chi connectivity index (χ3v) is 7.57. The van der Waals surface area contributed by atoms with Crippen LogP contribution in [0.4, 0.5) is 5.69 Å². The number of rotatable bonds is 6. The van der Waals surface area contributed by atoms with E-state index >= 15 is 0 Å². The summed E-state index contributed by atoms with van der Waals surface area (Å²) < 4.78 is 5.22. The van der Waals surface area contributed by atoms with E-state index in [1.165, 1.54) is 12.1 Å². The Balaban J connectivity index is 1.37. The molecule has 4 aromatic rings. The maximum absolute atomic E-state index is 13.8. The summed E-state index contributed by atoms with van der Waals surface area (Å²) in [5.41, 5.74) is 4.27. The minimum absolute atomic E-state index is 0.0352. The number of H-pyrrole nitrogens is 1. The van der Waals surface area contributed by atoms with Crippen LogP contribution in [0.2, 0.25) is 0 Å². The molecule has 2 amide bonds. The number of fused-ring (bicyclic) bond motifs is 4. The lowest BCUT2D eigenvalue weighted by Gasteiger charge is -2.47. The van der Waals surface area contributed by atoms with Crippen LogP contribution in [0.25, 0.3) is 10.9 Å². The topological polar surface area (TPSA) is 109 Å². The van der Waals surface area contributed by atoms with E-state index in [2.05, 4.69) is 4.98 Å². The van der Waals surface area contributed by atoms with Crippen molar-refractivity contribution in [3.63, 3.8) is 0 Å². The number of carbonyl (C=O) groups is 2. The average Bonchev–Trinajstić information content (AvgIpc) is 3.31. The Bertz CT molecular complexity index is 1560. The lowest BCUT2D eigenvalue weighted by atomic mass is 9.86. The highest BCUT2D eigenvalue weighted by Gasteiger charge is 2.48. The summed E-state index contributed by atoms with van der Waals surface area (Å²) >= 11 is 0. The summed E-state index contributed by atoms with van der Waals surface area (Å²) in [4.78, 5) is 45.3. The van der Waals surface area contributed by atoms with Gasteiger partial charge in [0, 0.05) is 41.7 Å². The molecule has 3 aromatic carbocycles. The molecule has 2 aliphatic heterocycles. The highest BCUT2D eigenvalue weighted by molar-refractivity contribution is 5.97. The molecule has 1 fully saturated rings. The average molecular weight is 511 g/mol. The molecule has 0 spiro atoms. The first-order valence-electron chi connectivity index (χ1n) is 12.5. The fourth-order valence-electron chi connectivity index (χ4n) is 5.72. The van der Waals surface area contributed by atoms with Crippen LogP contribution in [0, 0.1) is 10.1 Å². The van der Waals surface area contributed by atoms with Crippen molar-refractivity contribution in [3.8, 4) is 5.75 Å². The monoisotopic (exact) mass is 510 g/mol. The van der Waals surface area contributed by atoms with Gasteiger partial charge in [0.1, 0.15) is 11.8 Å². The number of ether oxygens (including phenoxy) is 1. The predicted octanol–water partition coefficient (Wildman–Crippen LogP) is 4.01. The maximum atomic E-state index is 13.8. The van der Waals surface area contributed by atoms with Crippen molar-refractivity contribution in [2.45, 2.75) is 24.9 Å². The van der Waals surface area contributed by atoms with Gasteiger partial charge in [-0.2, -0.15) is 0 Å². The van der Waals surface area contributed by atoms with E-state index in [9.17, 15) is 19.7 Å². The van der Waals surface area contributed by atoms with E-state index < -0.39 is 17.0 Å². The molecule has 0 bridgehead atoms. The van der Waals surface area contributed by atoms with Gasteiger partial charge >= 0.3 is 0 Å². The molecule has 1 aromatic heterocycles. The molecular formula is C29H26N4O5. The van der Waals surface area contributed by atoms with Crippen LogP contribution >= 0.6 is 0 Å². The lowest BCUT2D eigenvalue weighted by Crippen LogP contribution is -2.63. The first kappa shape index (κ1) is 23.7. The van der Waals surface area contributed by atoms with E-state index in [0.29, 0.717) is 24.9 Å². The summed E-state index contributed by atoms with van der Waals surface area (Å²) in [6.45, 7) is 0.385. The molecule has 0 saturated carbocycles. The molecule has 1 saturated heterocycles. The zero-order valence-electron chi connectivity index (χ0n) is 20.8. The smallest absolute Gasteiger partial charge is 0.269 e. The number of aromatic nitrogens is 1. The Morgan fingerprint density at radius 1 is 1.05 bits per heavy atom. The Hall–Kier alpha value is -4.66. The van der Waals surface area contributed by atoms with E-state index in [4.69, 9.17) is 4.74 Å². The van der Waals surface area contributed by atoms with Gasteiger partial charge in [0.05, 0.1) is 24.6 Å². The molecule has 6 rings (SSSR count). The molecule has 38 heavy (non-hydrogen) atoms. The van der Waals surface area contributed by atoms with Crippen LogP contribution < -0.4 is 4.74 Å². The van der Waals surface area contributed by atoms with Gasteiger partial charge in [-0.25, -0.2) is 0 Å². The number of nitrogens with one attached hydrogen (secondary N) is 1. The van der Waals surface area contributed by atoms with Gasteiger partial charge in [-0.3, -0.25) is 19.7 Å². The summed E-state index contributed by atoms with van der Waals surface area (Å²) in [6, 6.07) is 20.5. The van der Waals surface area contributed by atoms with Gasteiger partial charge in [-0.15, -0.1) is 0 Å². The van der Waals surface area contributed by atoms with Gasteiger partial charge in [-0.1, -0.05) is 42.5 Å². The molecule has 0 aliphatic carbocycles. The normalized spacial score (nSPS) is 18.9. The van der Waals surface area contributed by atoms with Gasteiger partial charge < -0.3 is 19.5 Å². The number of amides is 2. The Morgan fingerprint density at radius 2 is 1.84 bits per heavy atom. The number of hydrogen-bond acceptors (Lipinski definition) is 5. The van der Waals surface area contributed by atoms with Crippen molar-refractivity contribution >= 4 is 28.4 Å². The zero-order chi connectivity index (χ0) is 26.4. The molecule has 9 heteroatoms. The summed E-state index contributed by atoms with van der Waals surface area (Å²) in [5, 5.41) is 12.5. The fraction of sp³-hybridized carbons (Fsp3) is 0.241. The van der Waals surface area contributed by atoms with E-state index in [-0.39, 0.29) is 24.0 Å². The maximum Gasteiger partial charge on any atom is 0.269 e. The second-order valence-electron chi connectivity index (χ2n) is 9.70. The summed E-state index contributed by atoms with van der Waals surface area (Å²) in [7, 11) is 1.61. The zero-order valence-corrected chi connectivity index (χ0v) is 20.8. The number of methoxy groups -OCH3 is 1. The van der Waals surface area contributed by atoms with Crippen LogP contribution in [0.5, 0.6) is 5.75 Å². The fourth-order valence-corrected chi connectivity index (χ4v) is 5.72. The second kappa shape index (κ2) is 9.33. The first-order chi connectivity index (χ1) is 18.4. The van der Waals surface area contributed by atoms with E-state index in [1.54, 1.807) is 29.0 Å². The number of nitrogens with zero attached hydrogens (tertiary/aromatic N) is 3. The van der Waals surface area contributed by atoms with E-state index in [0.717, 1.165) is 33.5 Å². The number of nitro benzene ring substituents is 1. The largest absolute Gasteiger partial charge is 0.497 e. The number of nitro groups is 1. The van der Waals surface area contributed by atoms with Crippen molar-refractivity contribution in [2.75, 3.05) is 20.2 Å². The third-order valence-electron chi connectivity index (χ3n) is 7.57. The number of aromatic amines is 1. The number of hydrogen-bond donors (Lipinski definition) is 1. The van der Waals surface area contributed by atoms with Gasteiger partial charge in [-0.05, 0) is 41.3 Å². The first-order valence-corrected chi connectivity index (χ1v) is 12.5. The number of carbonyl (C=O) groups excluding carboxylic acids is 2. The molecule has 9 nitrogen and oxygen atoms in total. The minimum atomic E-state index is -0.692. The number of piperazine rings is 1. The molecular weight excluding hydrogens is 484 g/mol.